The summed E-state index contributed by atoms with van der Waals surface area (Å²) in [5, 5.41) is -14.1. The fourth-order valence-electron chi connectivity index (χ4n) is 20.5. The number of benzene rings is 9. The number of alkyl halides is 6. The molecule has 10 unspecified atom stereocenters. The van der Waals surface area contributed by atoms with Gasteiger partial charge in [-0.25, -0.2) is 39.6 Å². The number of esters is 7. The molecule has 730 valence electrons. The van der Waals surface area contributed by atoms with E-state index in [0.717, 1.165) is 6.42 Å². The molecular formula is C103H102F6O23S6. The third-order valence-corrected chi connectivity index (χ3v) is 34.9. The predicted octanol–water partition coefficient (Wildman–Crippen LogP) is 18.4. The van der Waals surface area contributed by atoms with Crippen LogP contribution in [0.5, 0.6) is 0 Å². The Hall–Kier alpha value is -11.2. The summed E-state index contributed by atoms with van der Waals surface area (Å²) in [6, 6.07) is 96.5. The van der Waals surface area contributed by atoms with E-state index < -0.39 is 166 Å². The molecule has 0 N–H and O–H groups in total. The van der Waals surface area contributed by atoms with E-state index in [9.17, 15) is 98.8 Å². The highest BCUT2D eigenvalue weighted by Crippen LogP contribution is 2.65. The Labute approximate surface area is 806 Å². The second-order valence-electron chi connectivity index (χ2n) is 35.9. The van der Waals surface area contributed by atoms with Crippen LogP contribution in [-0.4, -0.2) is 140 Å². The van der Waals surface area contributed by atoms with Gasteiger partial charge in [0, 0.05) is 35.0 Å². The average Bonchev–Trinajstić information content (AvgIpc) is 1.38. The molecule has 0 amide bonds. The second-order valence-corrected chi connectivity index (χ2v) is 46.5. The molecule has 1 saturated heterocycles. The molecule has 1 aliphatic heterocycles. The van der Waals surface area contributed by atoms with Crippen LogP contribution in [0.3, 0.4) is 0 Å². The first-order valence-electron chi connectivity index (χ1n) is 44.3. The molecule has 23 nitrogen and oxygen atoms in total. The van der Waals surface area contributed by atoms with Crippen LogP contribution < -0.4 is 0 Å². The van der Waals surface area contributed by atoms with Crippen LogP contribution in [0, 0.1) is 64.6 Å². The van der Waals surface area contributed by atoms with Gasteiger partial charge in [0.05, 0.1) is 44.0 Å². The number of halogens is 6. The highest BCUT2D eigenvalue weighted by molar-refractivity contribution is 7.97. The highest BCUT2D eigenvalue weighted by Gasteiger charge is 2.71. The predicted molar refractivity (Wildman–Crippen MR) is 496 cm³/mol. The molecule has 0 radical (unpaired) electrons. The van der Waals surface area contributed by atoms with Crippen LogP contribution in [0.4, 0.5) is 26.3 Å². The maximum Gasteiger partial charge on any atom is 0.367 e. The van der Waals surface area contributed by atoms with Gasteiger partial charge in [-0.1, -0.05) is 184 Å². The topological polar surface area (TPSA) is 356 Å². The molecule has 11 aliphatic rings. The van der Waals surface area contributed by atoms with Gasteiger partial charge >= 0.3 is 57.5 Å². The summed E-state index contributed by atoms with van der Waals surface area (Å²) >= 11 is 0. The Morgan fingerprint density at radius 3 is 0.957 bits per heavy atom. The molecule has 0 spiro atoms. The number of hydrogen-bond donors (Lipinski definition) is 0. The lowest BCUT2D eigenvalue weighted by molar-refractivity contribution is -0.212. The zero-order valence-electron chi connectivity index (χ0n) is 75.2. The monoisotopic (exact) mass is 2010 g/mol. The minimum absolute atomic E-state index is 0.0146. The summed E-state index contributed by atoms with van der Waals surface area (Å²) in [5.41, 5.74) is -2.08. The Morgan fingerprint density at radius 2 is 0.659 bits per heavy atom. The molecule has 9 aromatic rings. The molecule has 9 aromatic carbocycles. The van der Waals surface area contributed by atoms with Gasteiger partial charge in [0.1, 0.15) is 35.2 Å². The quantitative estimate of drug-likeness (QED) is 0.0115. The summed E-state index contributed by atoms with van der Waals surface area (Å²) in [6.45, 7) is 9.44. The lowest BCUT2D eigenvalue weighted by Crippen LogP contribution is -2.60. The molecular weight excluding hydrogens is 1910 g/mol. The van der Waals surface area contributed by atoms with Gasteiger partial charge in [-0.05, 0) is 230 Å². The average molecular weight is 2010 g/mol. The zero-order valence-corrected chi connectivity index (χ0v) is 80.1. The molecule has 10 atom stereocenters. The van der Waals surface area contributed by atoms with Gasteiger partial charge < -0.3 is 46.8 Å². The van der Waals surface area contributed by atoms with Crippen molar-refractivity contribution in [3.8, 4) is 0 Å². The van der Waals surface area contributed by atoms with Crippen molar-refractivity contribution in [1.82, 2.24) is 0 Å². The Morgan fingerprint density at radius 1 is 0.377 bits per heavy atom. The molecule has 10 aliphatic carbocycles. The number of hydrogen-bond acceptors (Lipinski definition) is 23. The van der Waals surface area contributed by atoms with Crippen LogP contribution in [0.15, 0.2) is 354 Å². The number of carbonyl (C=O) groups excluding carboxylic acids is 7. The number of fused-ring (bicyclic) bond motifs is 1. The number of carbonyl (C=O) groups is 7. The molecule has 138 heavy (non-hydrogen) atoms. The van der Waals surface area contributed by atoms with Crippen molar-refractivity contribution in [2.24, 2.45) is 64.6 Å². The fraction of sp³-hybridized carbons (Fsp3) is 0.350. The SMILES string of the molecule is C=C(C)C(=O)OC12CC3CC(C1)C(C(=O)OCC(F)(F)S(=O)(=O)[O-])C(C3)C2.C=C(C)C(=O)OC12CC3CC(C1)CC(C(=O)OCC(F)(F)S(=O)(=O)[O-])(C3)C2.C=C(C)C(=O)OC1C2CC3C(OC(=O)C31)C2C(=O)OCC(F)(F)S(=O)(=O)[O-].c1ccc([S+](c2ccccc2)c2ccccc2)cc1.c1ccc([S+](c2ccccc2)c2ccccc2)cc1.c1ccc([S+](c2ccccc2)c2ccccc2)cc1. The summed E-state index contributed by atoms with van der Waals surface area (Å²) in [4.78, 5) is 97.4. The van der Waals surface area contributed by atoms with Gasteiger partial charge in [-0.15, -0.1) is 0 Å². The van der Waals surface area contributed by atoms with Crippen molar-refractivity contribution in [3.05, 3.63) is 309 Å². The summed E-state index contributed by atoms with van der Waals surface area (Å²) < 4.78 is 210. The largest absolute Gasteiger partial charge is 0.743 e. The van der Waals surface area contributed by atoms with Gasteiger partial charge in [0.2, 0.25) is 0 Å². The highest BCUT2D eigenvalue weighted by atomic mass is 32.2. The lowest BCUT2D eigenvalue weighted by atomic mass is 9.48. The van der Waals surface area contributed by atoms with Crippen LogP contribution >= 0.6 is 0 Å². The van der Waals surface area contributed by atoms with Crippen molar-refractivity contribution in [1.29, 1.82) is 0 Å². The van der Waals surface area contributed by atoms with E-state index in [1.54, 1.807) is 6.92 Å². The van der Waals surface area contributed by atoms with Gasteiger partial charge in [0.25, 0.3) is 0 Å². The standard InChI is InChI=1S/3C18H15S.2C17H22F2O7S.C15H16F2O9S/c3*1-4-10-16(11-5-1)19(17-12-6-2-7-13-17)18-14-8-3-9-15-18;1-10(2)13(20)26-16-6-11-3-12(7-16)5-15(4-11,8-16)14(21)25-9-17(18,19)27(22,23)24;1-9(2)14(20)26-16-5-10-3-11(6-16)13(12(4-10)7-16)15(21)25-8-17(18,19)27(22,23)24;1-5(2)12(18)25-11-6-3-7-9(11)14(20)26-10(7)8(6)13(19)24-4-15(16,17)27(21,22)23/h3*1-15H;11-12H,1,3-9H2,2H3,(H,22,23,24);10-13H,1,3-8H2,2H3,(H,22,23,24);6-11H,1,3-4H2,2H3,(H,21,22,23)/q3*+1;;;/p-3. The van der Waals surface area contributed by atoms with E-state index in [1.807, 2.05) is 0 Å². The van der Waals surface area contributed by atoms with Crippen LogP contribution in [0.1, 0.15) is 97.8 Å². The molecule has 20 rings (SSSR count). The minimum atomic E-state index is -6.01. The van der Waals surface area contributed by atoms with E-state index in [0.29, 0.717) is 57.8 Å². The first-order valence-corrected chi connectivity index (χ1v) is 52.2. The Balaban J connectivity index is 0.000000141. The van der Waals surface area contributed by atoms with E-state index in [1.165, 1.54) is 57.9 Å². The molecule has 10 bridgehead atoms. The van der Waals surface area contributed by atoms with E-state index in [-0.39, 0.29) is 91.8 Å². The third kappa shape index (κ3) is 24.6. The molecule has 11 fully saturated rings. The van der Waals surface area contributed by atoms with Crippen molar-refractivity contribution < 1.29 is 132 Å². The lowest BCUT2D eigenvalue weighted by Gasteiger charge is -2.59. The number of rotatable bonds is 27. The first kappa shape index (κ1) is 104. The smallest absolute Gasteiger partial charge is 0.367 e. The van der Waals surface area contributed by atoms with Gasteiger partial charge in [-0.3, -0.25) is 19.2 Å². The molecule has 0 aromatic heterocycles. The van der Waals surface area contributed by atoms with E-state index >= 15 is 0 Å². The number of ether oxygens (including phenoxy) is 7. The summed E-state index contributed by atoms with van der Waals surface area (Å²) in [7, 11) is -17.9. The Bertz CT molecular complexity index is 5620. The van der Waals surface area contributed by atoms with Crippen molar-refractivity contribution >= 4 is 105 Å². The molecule has 10 saturated carbocycles. The van der Waals surface area contributed by atoms with Crippen LogP contribution in [0.25, 0.3) is 0 Å². The molecule has 1 heterocycles. The van der Waals surface area contributed by atoms with Crippen LogP contribution in [0.2, 0.25) is 0 Å². The zero-order chi connectivity index (χ0) is 99.5. The van der Waals surface area contributed by atoms with Crippen molar-refractivity contribution in [2.75, 3.05) is 19.8 Å². The van der Waals surface area contributed by atoms with Crippen molar-refractivity contribution in [2.45, 2.75) is 181 Å². The fourth-order valence-corrected chi connectivity index (χ4v) is 27.4. The maximum absolute atomic E-state index is 13.3. The van der Waals surface area contributed by atoms with Crippen molar-refractivity contribution in [3.63, 3.8) is 0 Å². The van der Waals surface area contributed by atoms with E-state index in [2.05, 4.69) is 307 Å². The van der Waals surface area contributed by atoms with Gasteiger partial charge in [0.15, 0.2) is 94.2 Å². The summed E-state index contributed by atoms with van der Waals surface area (Å²) in [6.07, 6.45) is 4.25. The Kier molecular flexibility index (Phi) is 33.0. The first-order chi connectivity index (χ1) is 65.3. The third-order valence-electron chi connectivity index (χ3n) is 25.7. The van der Waals surface area contributed by atoms with E-state index in [4.69, 9.17) is 18.9 Å². The second kappa shape index (κ2) is 43.7. The minimum Gasteiger partial charge on any atom is -0.743 e. The maximum atomic E-state index is 13.3. The summed E-state index contributed by atoms with van der Waals surface area (Å²) in [5.74, 6) is -9.39. The van der Waals surface area contributed by atoms with Gasteiger partial charge in [-0.2, -0.15) is 26.3 Å². The molecule has 35 heteroatoms. The normalized spacial score (nSPS) is 24.8. The van der Waals surface area contributed by atoms with Crippen LogP contribution in [-0.2, 0) is 130 Å².